The van der Waals surface area contributed by atoms with Crippen molar-refractivity contribution >= 4 is 23.5 Å². The molecule has 0 aliphatic heterocycles. The van der Waals surface area contributed by atoms with Gasteiger partial charge in [0.2, 0.25) is 0 Å². The van der Waals surface area contributed by atoms with Crippen molar-refractivity contribution in [1.29, 1.82) is 0 Å². The lowest BCUT2D eigenvalue weighted by Crippen LogP contribution is -2.31. The number of carbonyl (C=O) groups excluding carboxylic acids is 3. The topological polar surface area (TPSA) is 90.9 Å². The predicted octanol–water partition coefficient (Wildman–Crippen LogP) is 3.23. The number of nitrogens with one attached hydrogen (secondary N) is 1. The fourth-order valence-corrected chi connectivity index (χ4v) is 2.57. The lowest BCUT2D eigenvalue weighted by atomic mass is 10.1. The summed E-state index contributed by atoms with van der Waals surface area (Å²) in [6.07, 6.45) is -0.0713. The predicted molar refractivity (Wildman–Crippen MR) is 104 cm³/mol. The number of carbonyl (C=O) groups is 3. The first-order valence-corrected chi connectivity index (χ1v) is 8.77. The molecule has 7 nitrogen and oxygen atoms in total. The zero-order valence-electron chi connectivity index (χ0n) is 16.3. The van der Waals surface area contributed by atoms with Gasteiger partial charge in [-0.05, 0) is 43.2 Å². The van der Waals surface area contributed by atoms with Crippen molar-refractivity contribution in [3.8, 4) is 5.75 Å². The zero-order chi connectivity index (χ0) is 20.7. The number of esters is 2. The maximum absolute atomic E-state index is 12.6. The Morgan fingerprint density at radius 1 is 1.00 bits per heavy atom. The standard InChI is InChI=1S/C21H23NO6/c1-5-14-8-6-7-9-18(14)28-13(2)19(23)22-17-12-15(20(24)26-3)10-11-16(17)21(25)27-4/h6-13H,5H2,1-4H3,(H,22,23)/t13-/m0/s1. The van der Waals surface area contributed by atoms with Gasteiger partial charge < -0.3 is 19.5 Å². The molecule has 0 aliphatic rings. The summed E-state index contributed by atoms with van der Waals surface area (Å²) in [5.41, 5.74) is 1.42. The normalized spacial score (nSPS) is 11.3. The highest BCUT2D eigenvalue weighted by Crippen LogP contribution is 2.22. The molecule has 0 unspecified atom stereocenters. The number of ether oxygens (including phenoxy) is 3. The third-order valence-electron chi connectivity index (χ3n) is 4.13. The smallest absolute Gasteiger partial charge is 0.339 e. The Morgan fingerprint density at radius 3 is 2.32 bits per heavy atom. The van der Waals surface area contributed by atoms with Crippen LogP contribution in [-0.4, -0.2) is 38.2 Å². The molecule has 2 rings (SSSR count). The summed E-state index contributed by atoms with van der Waals surface area (Å²) in [6, 6.07) is 11.6. The molecule has 0 saturated heterocycles. The second kappa shape index (κ2) is 9.55. The summed E-state index contributed by atoms with van der Waals surface area (Å²) in [4.78, 5) is 36.4. The molecule has 28 heavy (non-hydrogen) atoms. The number of aryl methyl sites for hydroxylation is 1. The molecular weight excluding hydrogens is 362 g/mol. The Balaban J connectivity index is 2.25. The van der Waals surface area contributed by atoms with Crippen molar-refractivity contribution in [3.63, 3.8) is 0 Å². The Hall–Kier alpha value is -3.35. The summed E-state index contributed by atoms with van der Waals surface area (Å²) < 4.78 is 15.2. The van der Waals surface area contributed by atoms with Crippen LogP contribution in [0.25, 0.3) is 0 Å². The second-order valence-electron chi connectivity index (χ2n) is 5.95. The first kappa shape index (κ1) is 21.0. The van der Waals surface area contributed by atoms with Crippen LogP contribution >= 0.6 is 0 Å². The molecule has 0 aromatic heterocycles. The molecule has 0 spiro atoms. The van der Waals surface area contributed by atoms with Crippen LogP contribution in [0.5, 0.6) is 5.75 Å². The lowest BCUT2D eigenvalue weighted by Gasteiger charge is -2.18. The molecule has 0 heterocycles. The summed E-state index contributed by atoms with van der Waals surface area (Å²) in [6.45, 7) is 3.59. The summed E-state index contributed by atoms with van der Waals surface area (Å²) in [5, 5.41) is 2.63. The van der Waals surface area contributed by atoms with Crippen LogP contribution in [0.2, 0.25) is 0 Å². The van der Waals surface area contributed by atoms with Crippen molar-refractivity contribution < 1.29 is 28.6 Å². The van der Waals surface area contributed by atoms with Crippen molar-refractivity contribution in [2.24, 2.45) is 0 Å². The molecule has 0 bridgehead atoms. The van der Waals surface area contributed by atoms with Crippen LogP contribution < -0.4 is 10.1 Å². The average Bonchev–Trinajstić information content (AvgIpc) is 2.72. The third-order valence-corrected chi connectivity index (χ3v) is 4.13. The number of anilines is 1. The van der Waals surface area contributed by atoms with Crippen LogP contribution in [0.4, 0.5) is 5.69 Å². The number of benzene rings is 2. The Kier molecular flexibility index (Phi) is 7.14. The molecule has 0 saturated carbocycles. The van der Waals surface area contributed by atoms with Crippen molar-refractivity contribution in [2.45, 2.75) is 26.4 Å². The van der Waals surface area contributed by atoms with Crippen molar-refractivity contribution in [1.82, 2.24) is 0 Å². The Labute approximate surface area is 163 Å². The first-order valence-electron chi connectivity index (χ1n) is 8.77. The number of rotatable bonds is 7. The van der Waals surface area contributed by atoms with E-state index in [4.69, 9.17) is 9.47 Å². The highest BCUT2D eigenvalue weighted by Gasteiger charge is 2.21. The largest absolute Gasteiger partial charge is 0.481 e. The monoisotopic (exact) mass is 385 g/mol. The minimum absolute atomic E-state index is 0.115. The van der Waals surface area contributed by atoms with Gasteiger partial charge in [-0.2, -0.15) is 0 Å². The molecule has 148 valence electrons. The van der Waals surface area contributed by atoms with Crippen LogP contribution in [0.1, 0.15) is 40.1 Å². The Morgan fingerprint density at radius 2 is 1.68 bits per heavy atom. The van der Waals surface area contributed by atoms with Gasteiger partial charge >= 0.3 is 11.9 Å². The van der Waals surface area contributed by atoms with E-state index in [0.717, 1.165) is 12.0 Å². The minimum atomic E-state index is -0.833. The SMILES string of the molecule is CCc1ccccc1O[C@@H](C)C(=O)Nc1cc(C(=O)OC)ccc1C(=O)OC. The molecule has 0 aliphatic carbocycles. The van der Waals surface area contributed by atoms with E-state index in [9.17, 15) is 14.4 Å². The van der Waals surface area contributed by atoms with E-state index < -0.39 is 23.9 Å². The van der Waals surface area contributed by atoms with Gasteiger partial charge in [-0.3, -0.25) is 4.79 Å². The van der Waals surface area contributed by atoms with Gasteiger partial charge in [-0.1, -0.05) is 25.1 Å². The van der Waals surface area contributed by atoms with Crippen LogP contribution in [0.3, 0.4) is 0 Å². The highest BCUT2D eigenvalue weighted by molar-refractivity contribution is 6.04. The first-order chi connectivity index (χ1) is 13.4. The second-order valence-corrected chi connectivity index (χ2v) is 5.95. The zero-order valence-corrected chi connectivity index (χ0v) is 16.3. The maximum Gasteiger partial charge on any atom is 0.339 e. The van der Waals surface area contributed by atoms with Crippen LogP contribution in [-0.2, 0) is 20.7 Å². The molecule has 0 fully saturated rings. The molecule has 1 atom stereocenters. The molecule has 1 amide bonds. The van der Waals surface area contributed by atoms with Crippen molar-refractivity contribution in [2.75, 3.05) is 19.5 Å². The van der Waals surface area contributed by atoms with Crippen LogP contribution in [0, 0.1) is 0 Å². The van der Waals surface area contributed by atoms with Gasteiger partial charge in [0.25, 0.3) is 5.91 Å². The highest BCUT2D eigenvalue weighted by atomic mass is 16.5. The van der Waals surface area contributed by atoms with E-state index in [2.05, 4.69) is 10.1 Å². The average molecular weight is 385 g/mol. The van der Waals surface area contributed by atoms with E-state index >= 15 is 0 Å². The number of para-hydroxylation sites is 1. The fraction of sp³-hybridized carbons (Fsp3) is 0.286. The molecular formula is C21H23NO6. The third kappa shape index (κ3) is 4.88. The number of hydrogen-bond acceptors (Lipinski definition) is 6. The fourth-order valence-electron chi connectivity index (χ4n) is 2.57. The van der Waals surface area contributed by atoms with Crippen molar-refractivity contribution in [3.05, 3.63) is 59.2 Å². The van der Waals surface area contributed by atoms with E-state index in [1.807, 2.05) is 25.1 Å². The van der Waals surface area contributed by atoms with Gasteiger partial charge in [0.05, 0.1) is 31.0 Å². The number of amides is 1. The lowest BCUT2D eigenvalue weighted by molar-refractivity contribution is -0.122. The van der Waals surface area contributed by atoms with E-state index in [1.54, 1.807) is 13.0 Å². The quantitative estimate of drug-likeness (QED) is 0.736. The van der Waals surface area contributed by atoms with Gasteiger partial charge in [-0.25, -0.2) is 9.59 Å². The minimum Gasteiger partial charge on any atom is -0.481 e. The van der Waals surface area contributed by atoms with E-state index in [-0.39, 0.29) is 16.8 Å². The summed E-state index contributed by atoms with van der Waals surface area (Å²) in [7, 11) is 2.48. The van der Waals surface area contributed by atoms with Crippen LogP contribution in [0.15, 0.2) is 42.5 Å². The molecule has 0 radical (unpaired) electrons. The maximum atomic E-state index is 12.6. The molecule has 2 aromatic carbocycles. The van der Waals surface area contributed by atoms with Gasteiger partial charge in [0.15, 0.2) is 6.10 Å². The molecule has 7 heteroatoms. The van der Waals surface area contributed by atoms with Gasteiger partial charge in [0, 0.05) is 0 Å². The molecule has 2 aromatic rings. The summed E-state index contributed by atoms with van der Waals surface area (Å²) >= 11 is 0. The van der Waals surface area contributed by atoms with Gasteiger partial charge in [0.1, 0.15) is 5.75 Å². The van der Waals surface area contributed by atoms with E-state index in [0.29, 0.717) is 5.75 Å². The molecule has 1 N–H and O–H groups in total. The Bertz CT molecular complexity index is 877. The van der Waals surface area contributed by atoms with E-state index in [1.165, 1.54) is 32.4 Å². The summed E-state index contributed by atoms with van der Waals surface area (Å²) in [5.74, 6) is -1.09. The number of hydrogen-bond donors (Lipinski definition) is 1. The van der Waals surface area contributed by atoms with Gasteiger partial charge in [-0.15, -0.1) is 0 Å². The number of methoxy groups -OCH3 is 2.